The van der Waals surface area contributed by atoms with E-state index < -0.39 is 23.6 Å². The molecule has 2 rings (SSSR count). The van der Waals surface area contributed by atoms with Crippen LogP contribution >= 0.6 is 0 Å². The molecule has 0 atom stereocenters. The number of para-hydroxylation sites is 2. The normalized spacial score (nSPS) is 10.5. The van der Waals surface area contributed by atoms with E-state index in [1.165, 1.54) is 0 Å². The summed E-state index contributed by atoms with van der Waals surface area (Å²) in [4.78, 5) is 47.8. The average Bonchev–Trinajstić information content (AvgIpc) is 2.88. The van der Waals surface area contributed by atoms with Crippen molar-refractivity contribution < 1.29 is 28.7 Å². The number of rotatable bonds is 12. The van der Waals surface area contributed by atoms with Gasteiger partial charge in [0.25, 0.3) is 11.8 Å². The van der Waals surface area contributed by atoms with Crippen LogP contribution < -0.4 is 31.2 Å². The Kier molecular flexibility index (Phi) is 11.9. The highest BCUT2D eigenvalue weighted by Gasteiger charge is 2.12. The number of nitrogens with one attached hydrogen (secondary N) is 4. The van der Waals surface area contributed by atoms with Crippen LogP contribution in [0.25, 0.3) is 0 Å². The summed E-state index contributed by atoms with van der Waals surface area (Å²) in [5.41, 5.74) is 11.1. The molecule has 0 fully saturated rings. The zero-order chi connectivity index (χ0) is 27.2. The van der Waals surface area contributed by atoms with Crippen LogP contribution in [0.5, 0.6) is 11.5 Å². The van der Waals surface area contributed by atoms with E-state index in [2.05, 4.69) is 21.7 Å². The highest BCUT2D eigenvalue weighted by Crippen LogP contribution is 2.26. The predicted molar refractivity (Wildman–Crippen MR) is 138 cm³/mol. The lowest BCUT2D eigenvalue weighted by atomic mass is 10.0. The second kappa shape index (κ2) is 15.1. The van der Waals surface area contributed by atoms with Crippen molar-refractivity contribution in [1.82, 2.24) is 21.7 Å². The number of carbonyl (C=O) groups is 4. The second-order valence-corrected chi connectivity index (χ2v) is 9.01. The van der Waals surface area contributed by atoms with E-state index in [9.17, 15) is 19.2 Å². The van der Waals surface area contributed by atoms with E-state index in [-0.39, 0.29) is 44.3 Å². The molecule has 10 nitrogen and oxygen atoms in total. The molecule has 0 aromatic heterocycles. The predicted octanol–water partition coefficient (Wildman–Crippen LogP) is 2.86. The van der Waals surface area contributed by atoms with E-state index in [0.29, 0.717) is 11.5 Å². The maximum Gasteiger partial charge on any atom is 0.276 e. The Labute approximate surface area is 217 Å². The molecule has 2 aromatic carbocycles. The molecule has 0 saturated carbocycles. The minimum atomic E-state index is -0.509. The molecule has 10 heteroatoms. The molecular formula is C27H36N4O6. The zero-order valence-corrected chi connectivity index (χ0v) is 21.8. The zero-order valence-electron chi connectivity index (χ0n) is 21.8. The fraction of sp³-hybridized carbons (Fsp3) is 0.407. The SMILES string of the molecule is CC(C)c1ccccc1OCC(=O)NNC(=O)CCCC(=O)NNC(=O)COc1ccccc1C(C)C. The highest BCUT2D eigenvalue weighted by atomic mass is 16.5. The lowest BCUT2D eigenvalue weighted by Crippen LogP contribution is -2.44. The molecule has 0 aliphatic heterocycles. The van der Waals surface area contributed by atoms with Crippen molar-refractivity contribution in [3.8, 4) is 11.5 Å². The molecule has 0 heterocycles. The van der Waals surface area contributed by atoms with Crippen LogP contribution in [0, 0.1) is 0 Å². The van der Waals surface area contributed by atoms with Gasteiger partial charge in [-0.2, -0.15) is 0 Å². The van der Waals surface area contributed by atoms with Gasteiger partial charge in [0.2, 0.25) is 11.8 Å². The molecule has 4 N–H and O–H groups in total. The van der Waals surface area contributed by atoms with Crippen molar-refractivity contribution in [2.75, 3.05) is 13.2 Å². The molecule has 0 spiro atoms. The van der Waals surface area contributed by atoms with Gasteiger partial charge in [0.05, 0.1) is 0 Å². The lowest BCUT2D eigenvalue weighted by Gasteiger charge is -2.14. The Hall–Kier alpha value is -4.08. The smallest absolute Gasteiger partial charge is 0.276 e. The van der Waals surface area contributed by atoms with Crippen LogP contribution in [-0.2, 0) is 19.2 Å². The van der Waals surface area contributed by atoms with Crippen LogP contribution in [0.4, 0.5) is 0 Å². The lowest BCUT2D eigenvalue weighted by molar-refractivity contribution is -0.131. The van der Waals surface area contributed by atoms with Gasteiger partial charge in [-0.1, -0.05) is 64.1 Å². The third-order valence-corrected chi connectivity index (χ3v) is 5.29. The Morgan fingerprint density at radius 2 is 0.946 bits per heavy atom. The van der Waals surface area contributed by atoms with Gasteiger partial charge < -0.3 is 9.47 Å². The molecular weight excluding hydrogens is 476 g/mol. The summed E-state index contributed by atoms with van der Waals surface area (Å²) in [5, 5.41) is 0. The molecule has 0 aliphatic rings. The highest BCUT2D eigenvalue weighted by molar-refractivity contribution is 5.84. The maximum atomic E-state index is 12.0. The van der Waals surface area contributed by atoms with E-state index in [4.69, 9.17) is 9.47 Å². The Bertz CT molecular complexity index is 987. The van der Waals surface area contributed by atoms with Gasteiger partial charge in [-0.15, -0.1) is 0 Å². The van der Waals surface area contributed by atoms with Crippen molar-refractivity contribution in [2.45, 2.75) is 58.8 Å². The fourth-order valence-electron chi connectivity index (χ4n) is 3.35. The van der Waals surface area contributed by atoms with E-state index >= 15 is 0 Å². The van der Waals surface area contributed by atoms with Crippen molar-refractivity contribution in [3.63, 3.8) is 0 Å². The molecule has 37 heavy (non-hydrogen) atoms. The van der Waals surface area contributed by atoms with Crippen LogP contribution in [-0.4, -0.2) is 36.8 Å². The van der Waals surface area contributed by atoms with Crippen LogP contribution in [0.2, 0.25) is 0 Å². The molecule has 0 bridgehead atoms. The Morgan fingerprint density at radius 3 is 1.32 bits per heavy atom. The van der Waals surface area contributed by atoms with Crippen molar-refractivity contribution >= 4 is 23.6 Å². The van der Waals surface area contributed by atoms with Crippen LogP contribution in [0.3, 0.4) is 0 Å². The minimum Gasteiger partial charge on any atom is -0.483 e. The summed E-state index contributed by atoms with van der Waals surface area (Å²) in [7, 11) is 0. The molecule has 200 valence electrons. The van der Waals surface area contributed by atoms with Gasteiger partial charge in [0.1, 0.15) is 11.5 Å². The van der Waals surface area contributed by atoms with Gasteiger partial charge in [-0.3, -0.25) is 40.9 Å². The molecule has 4 amide bonds. The fourth-order valence-corrected chi connectivity index (χ4v) is 3.35. The Morgan fingerprint density at radius 1 is 0.595 bits per heavy atom. The molecule has 2 aromatic rings. The summed E-state index contributed by atoms with van der Waals surface area (Å²) in [6.07, 6.45) is 0.238. The molecule has 0 unspecified atom stereocenters. The summed E-state index contributed by atoms with van der Waals surface area (Å²) in [6, 6.07) is 14.9. The summed E-state index contributed by atoms with van der Waals surface area (Å²) in [6.45, 7) is 7.61. The van der Waals surface area contributed by atoms with Gasteiger partial charge in [0, 0.05) is 12.8 Å². The van der Waals surface area contributed by atoms with E-state index in [0.717, 1.165) is 11.1 Å². The first kappa shape index (κ1) is 29.2. The number of carbonyl (C=O) groups excluding carboxylic acids is 4. The second-order valence-electron chi connectivity index (χ2n) is 9.01. The van der Waals surface area contributed by atoms with Crippen LogP contribution in [0.15, 0.2) is 48.5 Å². The Balaban J connectivity index is 1.58. The number of hydrazine groups is 2. The van der Waals surface area contributed by atoms with Crippen molar-refractivity contribution in [1.29, 1.82) is 0 Å². The van der Waals surface area contributed by atoms with Gasteiger partial charge in [-0.05, 0) is 41.5 Å². The van der Waals surface area contributed by atoms with Gasteiger partial charge in [0.15, 0.2) is 13.2 Å². The topological polar surface area (TPSA) is 135 Å². The van der Waals surface area contributed by atoms with E-state index in [1.54, 1.807) is 12.1 Å². The average molecular weight is 513 g/mol. The minimum absolute atomic E-state index is 0.00772. The quantitative estimate of drug-likeness (QED) is 0.323. The van der Waals surface area contributed by atoms with Crippen LogP contribution in [0.1, 0.15) is 69.9 Å². The summed E-state index contributed by atoms with van der Waals surface area (Å²) >= 11 is 0. The largest absolute Gasteiger partial charge is 0.483 e. The van der Waals surface area contributed by atoms with Crippen molar-refractivity contribution in [2.24, 2.45) is 0 Å². The third-order valence-electron chi connectivity index (χ3n) is 5.29. The maximum absolute atomic E-state index is 12.0. The van der Waals surface area contributed by atoms with Gasteiger partial charge in [-0.25, -0.2) is 0 Å². The summed E-state index contributed by atoms with van der Waals surface area (Å²) in [5.74, 6) is -0.214. The van der Waals surface area contributed by atoms with E-state index in [1.807, 2.05) is 64.1 Å². The first-order valence-corrected chi connectivity index (χ1v) is 12.3. The van der Waals surface area contributed by atoms with Crippen molar-refractivity contribution in [3.05, 3.63) is 59.7 Å². The molecule has 0 radical (unpaired) electrons. The summed E-state index contributed by atoms with van der Waals surface area (Å²) < 4.78 is 11.1. The number of benzene rings is 2. The number of amides is 4. The molecule has 0 saturated heterocycles. The number of hydrogen-bond donors (Lipinski definition) is 4. The standard InChI is InChI=1S/C27H36N4O6/c1-18(2)20-10-5-7-12-22(20)36-16-26(34)30-28-24(32)14-9-15-25(33)29-31-27(35)17-37-23-13-8-6-11-21(23)19(3)4/h5-8,10-13,18-19H,9,14-17H2,1-4H3,(H,28,32)(H,29,33)(H,30,34)(H,31,35). The number of ether oxygens (including phenoxy) is 2. The third kappa shape index (κ3) is 10.6. The monoisotopic (exact) mass is 512 g/mol. The molecule has 0 aliphatic carbocycles. The van der Waals surface area contributed by atoms with Gasteiger partial charge >= 0.3 is 0 Å². The first-order valence-electron chi connectivity index (χ1n) is 12.3. The first-order chi connectivity index (χ1) is 17.7. The number of hydrogen-bond acceptors (Lipinski definition) is 6.